The summed E-state index contributed by atoms with van der Waals surface area (Å²) in [6, 6.07) is -1.01. The highest BCUT2D eigenvalue weighted by molar-refractivity contribution is 6.07. The molecule has 8 heteroatoms. The Balaban J connectivity index is 2.79. The largest absolute Gasteiger partial charge is 0.420 e. The third-order valence-corrected chi connectivity index (χ3v) is 2.60. The topological polar surface area (TPSA) is 61.4 Å². The summed E-state index contributed by atoms with van der Waals surface area (Å²) < 4.78 is 38.0. The molecule has 0 radical (unpaired) electrons. The number of amides is 3. The molecule has 0 aromatic heterocycles. The molecule has 1 aliphatic rings. The summed E-state index contributed by atoms with van der Waals surface area (Å²) in [6.07, 6.45) is -4.80. The maximum atomic E-state index is 12.7. The number of hydrogen-bond acceptors (Lipinski definition) is 3. The van der Waals surface area contributed by atoms with Gasteiger partial charge >= 0.3 is 12.2 Å². The van der Waals surface area contributed by atoms with Crippen molar-refractivity contribution in [3.05, 3.63) is 0 Å². The number of carbonyl (C=O) groups excluding carboxylic acids is 2. The average molecular weight is 253 g/mol. The lowest BCUT2D eigenvalue weighted by atomic mass is 10.0. The Bertz CT molecular complexity index is 332. The first kappa shape index (κ1) is 13.8. The smallest absolute Gasteiger partial charge is 0.316 e. The van der Waals surface area contributed by atoms with Crippen LogP contribution < -0.4 is 10.6 Å². The number of rotatable bonds is 4. The maximum absolute atomic E-state index is 12.7. The van der Waals surface area contributed by atoms with Gasteiger partial charge in [0, 0.05) is 13.1 Å². The Morgan fingerprint density at radius 1 is 1.41 bits per heavy atom. The fourth-order valence-electron chi connectivity index (χ4n) is 1.46. The zero-order chi connectivity index (χ0) is 13.3. The molecule has 1 heterocycles. The average Bonchev–Trinajstić information content (AvgIpc) is 2.42. The van der Waals surface area contributed by atoms with Gasteiger partial charge in [-0.25, -0.2) is 4.79 Å². The summed E-state index contributed by atoms with van der Waals surface area (Å²) in [6.45, 7) is 3.28. The predicted molar refractivity (Wildman–Crippen MR) is 53.2 cm³/mol. The summed E-state index contributed by atoms with van der Waals surface area (Å²) in [4.78, 5) is 23.5. The van der Waals surface area contributed by atoms with E-state index in [9.17, 15) is 22.8 Å². The second-order valence-corrected chi connectivity index (χ2v) is 3.86. The van der Waals surface area contributed by atoms with E-state index >= 15 is 0 Å². The summed E-state index contributed by atoms with van der Waals surface area (Å²) in [5.74, 6) is -1.26. The summed E-state index contributed by atoms with van der Waals surface area (Å²) in [5.41, 5.74) is -2.81. The number of urea groups is 1. The van der Waals surface area contributed by atoms with Crippen LogP contribution in [0.25, 0.3) is 0 Å². The Morgan fingerprint density at radius 3 is 2.41 bits per heavy atom. The second-order valence-electron chi connectivity index (χ2n) is 3.86. The van der Waals surface area contributed by atoms with Crippen LogP contribution in [0.2, 0.25) is 0 Å². The van der Waals surface area contributed by atoms with Crippen LogP contribution in [0.1, 0.15) is 13.8 Å². The normalized spacial score (nSPS) is 25.4. The molecule has 1 fully saturated rings. The van der Waals surface area contributed by atoms with Crippen molar-refractivity contribution in [3.63, 3.8) is 0 Å². The lowest BCUT2D eigenvalue weighted by molar-refractivity contribution is -0.191. The van der Waals surface area contributed by atoms with Crippen LogP contribution in [0.15, 0.2) is 0 Å². The molecule has 0 saturated carbocycles. The van der Waals surface area contributed by atoms with Gasteiger partial charge < -0.3 is 10.6 Å². The van der Waals surface area contributed by atoms with Crippen LogP contribution in [0.5, 0.6) is 0 Å². The van der Waals surface area contributed by atoms with Gasteiger partial charge in [-0.2, -0.15) is 13.2 Å². The monoisotopic (exact) mass is 253 g/mol. The molecule has 98 valence electrons. The standard InChI is InChI=1S/C9H14F3N3O2/c1-3-13-4-5-15-6(16)8(2,9(10,11)12)14-7(15)17/h13H,3-5H2,1-2H3,(H,14,17). The molecule has 0 aliphatic carbocycles. The molecule has 17 heavy (non-hydrogen) atoms. The lowest BCUT2D eigenvalue weighted by Gasteiger charge is -2.24. The van der Waals surface area contributed by atoms with Crippen molar-refractivity contribution in [3.8, 4) is 0 Å². The molecule has 5 nitrogen and oxygen atoms in total. The van der Waals surface area contributed by atoms with Crippen LogP contribution in [0, 0.1) is 0 Å². The zero-order valence-electron chi connectivity index (χ0n) is 9.52. The van der Waals surface area contributed by atoms with Crippen molar-refractivity contribution >= 4 is 11.9 Å². The van der Waals surface area contributed by atoms with E-state index in [1.165, 1.54) is 0 Å². The van der Waals surface area contributed by atoms with E-state index in [2.05, 4.69) is 5.32 Å². The van der Waals surface area contributed by atoms with Crippen molar-refractivity contribution in [2.45, 2.75) is 25.6 Å². The van der Waals surface area contributed by atoms with Crippen LogP contribution in [0.4, 0.5) is 18.0 Å². The van der Waals surface area contributed by atoms with E-state index in [4.69, 9.17) is 0 Å². The first-order chi connectivity index (χ1) is 7.74. The Labute approximate surface area is 96.3 Å². The van der Waals surface area contributed by atoms with Crippen molar-refractivity contribution in [2.24, 2.45) is 0 Å². The Kier molecular flexibility index (Phi) is 3.65. The quantitative estimate of drug-likeness (QED) is 0.565. The van der Waals surface area contributed by atoms with E-state index in [0.717, 1.165) is 0 Å². The molecular weight excluding hydrogens is 239 g/mol. The SMILES string of the molecule is CCNCCN1C(=O)NC(C)(C(F)(F)F)C1=O. The van der Waals surface area contributed by atoms with E-state index < -0.39 is 23.7 Å². The molecule has 0 aromatic carbocycles. The molecule has 1 rings (SSSR count). The highest BCUT2D eigenvalue weighted by atomic mass is 19.4. The van der Waals surface area contributed by atoms with Crippen LogP contribution >= 0.6 is 0 Å². The van der Waals surface area contributed by atoms with E-state index in [-0.39, 0.29) is 13.1 Å². The molecule has 0 spiro atoms. The zero-order valence-corrected chi connectivity index (χ0v) is 9.52. The molecule has 0 bridgehead atoms. The van der Waals surface area contributed by atoms with Gasteiger partial charge in [-0.15, -0.1) is 0 Å². The minimum atomic E-state index is -4.80. The minimum Gasteiger partial charge on any atom is -0.316 e. The molecule has 1 aliphatic heterocycles. The van der Waals surface area contributed by atoms with E-state index in [0.29, 0.717) is 18.4 Å². The van der Waals surface area contributed by atoms with Crippen molar-refractivity contribution in [1.29, 1.82) is 0 Å². The van der Waals surface area contributed by atoms with Gasteiger partial charge in [0.25, 0.3) is 5.91 Å². The van der Waals surface area contributed by atoms with Gasteiger partial charge in [0.05, 0.1) is 0 Å². The number of hydrogen-bond donors (Lipinski definition) is 2. The third kappa shape index (κ3) is 2.36. The number of nitrogens with zero attached hydrogens (tertiary/aromatic N) is 1. The van der Waals surface area contributed by atoms with Crippen LogP contribution in [-0.2, 0) is 4.79 Å². The number of alkyl halides is 3. The molecule has 1 saturated heterocycles. The minimum absolute atomic E-state index is 0.0792. The summed E-state index contributed by atoms with van der Waals surface area (Å²) in [5, 5.41) is 4.51. The van der Waals surface area contributed by atoms with E-state index in [1.807, 2.05) is 6.92 Å². The predicted octanol–water partition coefficient (Wildman–Crippen LogP) is 0.469. The van der Waals surface area contributed by atoms with E-state index in [1.54, 1.807) is 5.32 Å². The third-order valence-electron chi connectivity index (χ3n) is 2.60. The number of carbonyl (C=O) groups is 2. The van der Waals surface area contributed by atoms with Gasteiger partial charge in [0.1, 0.15) is 0 Å². The molecule has 1 unspecified atom stereocenters. The summed E-state index contributed by atoms with van der Waals surface area (Å²) >= 11 is 0. The van der Waals surface area contributed by atoms with Crippen molar-refractivity contribution in [2.75, 3.05) is 19.6 Å². The number of nitrogens with one attached hydrogen (secondary N) is 2. The van der Waals surface area contributed by atoms with Crippen LogP contribution in [-0.4, -0.2) is 48.2 Å². The first-order valence-corrected chi connectivity index (χ1v) is 5.15. The van der Waals surface area contributed by atoms with Gasteiger partial charge in [0.15, 0.2) is 0 Å². The highest BCUT2D eigenvalue weighted by Gasteiger charge is 2.64. The maximum Gasteiger partial charge on any atom is 0.420 e. The molecule has 3 amide bonds. The fourth-order valence-corrected chi connectivity index (χ4v) is 1.46. The number of halogens is 3. The lowest BCUT2D eigenvalue weighted by Crippen LogP contribution is -2.56. The molecule has 2 N–H and O–H groups in total. The van der Waals surface area contributed by atoms with Crippen molar-refractivity contribution < 1.29 is 22.8 Å². The first-order valence-electron chi connectivity index (χ1n) is 5.15. The number of imide groups is 1. The van der Waals surface area contributed by atoms with Gasteiger partial charge in [-0.1, -0.05) is 6.92 Å². The molecule has 0 aromatic rings. The summed E-state index contributed by atoms with van der Waals surface area (Å²) in [7, 11) is 0. The second kappa shape index (κ2) is 4.52. The number of likely N-dealkylation sites (N-methyl/N-ethyl adjacent to an activating group) is 1. The van der Waals surface area contributed by atoms with Crippen molar-refractivity contribution in [1.82, 2.24) is 15.5 Å². The Morgan fingerprint density at radius 2 is 2.00 bits per heavy atom. The molecular formula is C9H14F3N3O2. The van der Waals surface area contributed by atoms with Gasteiger partial charge in [0.2, 0.25) is 5.54 Å². The fraction of sp³-hybridized carbons (Fsp3) is 0.778. The van der Waals surface area contributed by atoms with Gasteiger partial charge in [-0.05, 0) is 13.5 Å². The van der Waals surface area contributed by atoms with Crippen LogP contribution in [0.3, 0.4) is 0 Å². The molecule has 1 atom stereocenters. The highest BCUT2D eigenvalue weighted by Crippen LogP contribution is 2.34. The van der Waals surface area contributed by atoms with Gasteiger partial charge in [-0.3, -0.25) is 9.69 Å². The Hall–Kier alpha value is -1.31.